The molecule has 0 bridgehead atoms. The standard InChI is InChI=1S/C18H17BrFN3O2S/c1-11(2)26(24,25)23-17-9-13(6-7-16(17)22-18(23)21)15(10-19)12-4-3-5-14(20)8-12/h3-11H,1-2H3,(H2,21,22)/b15-10-. The van der Waals surface area contributed by atoms with E-state index in [1.54, 1.807) is 49.2 Å². The molecule has 5 nitrogen and oxygen atoms in total. The minimum absolute atomic E-state index is 0.0824. The van der Waals surface area contributed by atoms with Crippen LogP contribution >= 0.6 is 15.9 Å². The van der Waals surface area contributed by atoms with Gasteiger partial charge in [-0.2, -0.15) is 0 Å². The smallest absolute Gasteiger partial charge is 0.244 e. The SMILES string of the molecule is CC(C)S(=O)(=O)n1c(N)nc2ccc(/C(=C\Br)c3cccc(F)c3)cc21. The van der Waals surface area contributed by atoms with Crippen LogP contribution < -0.4 is 5.73 Å². The fraction of sp³-hybridized carbons (Fsp3) is 0.167. The van der Waals surface area contributed by atoms with Crippen molar-refractivity contribution in [2.24, 2.45) is 0 Å². The van der Waals surface area contributed by atoms with Gasteiger partial charge in [-0.1, -0.05) is 34.1 Å². The molecule has 3 rings (SSSR count). The lowest BCUT2D eigenvalue weighted by Gasteiger charge is -2.12. The summed E-state index contributed by atoms with van der Waals surface area (Å²) in [6.45, 7) is 3.17. The molecule has 0 fully saturated rings. The zero-order valence-electron chi connectivity index (χ0n) is 14.1. The minimum Gasteiger partial charge on any atom is -0.368 e. The third-order valence-electron chi connectivity index (χ3n) is 4.04. The van der Waals surface area contributed by atoms with E-state index >= 15 is 0 Å². The van der Waals surface area contributed by atoms with Crippen LogP contribution in [0.4, 0.5) is 10.3 Å². The van der Waals surface area contributed by atoms with E-state index in [-0.39, 0.29) is 11.8 Å². The summed E-state index contributed by atoms with van der Waals surface area (Å²) < 4.78 is 40.0. The van der Waals surface area contributed by atoms with Crippen molar-refractivity contribution in [2.75, 3.05) is 5.73 Å². The number of hydrogen-bond donors (Lipinski definition) is 1. The molecule has 136 valence electrons. The van der Waals surface area contributed by atoms with Gasteiger partial charge in [-0.3, -0.25) is 0 Å². The zero-order chi connectivity index (χ0) is 19.1. The molecule has 2 aromatic carbocycles. The van der Waals surface area contributed by atoms with Crippen LogP contribution in [-0.4, -0.2) is 22.6 Å². The highest BCUT2D eigenvalue weighted by molar-refractivity contribution is 9.11. The van der Waals surface area contributed by atoms with E-state index in [2.05, 4.69) is 20.9 Å². The molecule has 0 aliphatic carbocycles. The average molecular weight is 438 g/mol. The van der Waals surface area contributed by atoms with Crippen LogP contribution in [0.2, 0.25) is 0 Å². The maximum absolute atomic E-state index is 13.6. The van der Waals surface area contributed by atoms with E-state index < -0.39 is 15.3 Å². The Morgan fingerprint density at radius 1 is 1.23 bits per heavy atom. The zero-order valence-corrected chi connectivity index (χ0v) is 16.6. The Balaban J connectivity index is 2.24. The Morgan fingerprint density at radius 3 is 2.54 bits per heavy atom. The molecule has 0 unspecified atom stereocenters. The molecule has 1 aromatic heterocycles. The van der Waals surface area contributed by atoms with Crippen LogP contribution in [0.1, 0.15) is 25.0 Å². The van der Waals surface area contributed by atoms with Crippen molar-refractivity contribution in [1.82, 2.24) is 8.96 Å². The lowest BCUT2D eigenvalue weighted by Crippen LogP contribution is -2.23. The van der Waals surface area contributed by atoms with Crippen molar-refractivity contribution in [3.63, 3.8) is 0 Å². The number of aromatic nitrogens is 2. The number of nitrogen functional groups attached to an aromatic ring is 1. The summed E-state index contributed by atoms with van der Waals surface area (Å²) in [5, 5.41) is -0.653. The van der Waals surface area contributed by atoms with Gasteiger partial charge >= 0.3 is 0 Å². The number of nitrogens with two attached hydrogens (primary N) is 1. The van der Waals surface area contributed by atoms with E-state index in [0.717, 1.165) is 3.97 Å². The second kappa shape index (κ2) is 6.85. The molecule has 0 saturated carbocycles. The molecule has 0 spiro atoms. The maximum Gasteiger partial charge on any atom is 0.244 e. The van der Waals surface area contributed by atoms with Crippen molar-refractivity contribution >= 4 is 48.5 Å². The van der Waals surface area contributed by atoms with Gasteiger partial charge in [0.25, 0.3) is 0 Å². The van der Waals surface area contributed by atoms with Crippen LogP contribution in [0.5, 0.6) is 0 Å². The van der Waals surface area contributed by atoms with Gasteiger partial charge in [0.2, 0.25) is 16.0 Å². The molecule has 0 radical (unpaired) electrons. The number of fused-ring (bicyclic) bond motifs is 1. The number of nitrogens with zero attached hydrogens (tertiary/aromatic N) is 2. The van der Waals surface area contributed by atoms with E-state index in [1.165, 1.54) is 12.1 Å². The Labute approximate surface area is 159 Å². The first-order valence-corrected chi connectivity index (χ1v) is 10.3. The minimum atomic E-state index is -3.67. The third kappa shape index (κ3) is 3.14. The second-order valence-electron chi connectivity index (χ2n) is 6.06. The summed E-state index contributed by atoms with van der Waals surface area (Å²) in [6, 6.07) is 11.3. The van der Waals surface area contributed by atoms with E-state index in [1.807, 2.05) is 0 Å². The summed E-state index contributed by atoms with van der Waals surface area (Å²) in [4.78, 5) is 5.82. The molecule has 0 atom stereocenters. The molecular formula is C18H17BrFN3O2S. The van der Waals surface area contributed by atoms with Crippen molar-refractivity contribution in [3.8, 4) is 0 Å². The average Bonchev–Trinajstić information content (AvgIpc) is 2.91. The fourth-order valence-electron chi connectivity index (χ4n) is 2.67. The molecule has 8 heteroatoms. The number of benzene rings is 2. The molecule has 0 amide bonds. The third-order valence-corrected chi connectivity index (χ3v) is 6.59. The van der Waals surface area contributed by atoms with Gasteiger partial charge in [-0.25, -0.2) is 21.8 Å². The van der Waals surface area contributed by atoms with Gasteiger partial charge in [0, 0.05) is 0 Å². The van der Waals surface area contributed by atoms with E-state index in [9.17, 15) is 12.8 Å². The van der Waals surface area contributed by atoms with E-state index in [0.29, 0.717) is 27.7 Å². The van der Waals surface area contributed by atoms with Crippen LogP contribution in [0, 0.1) is 5.82 Å². The van der Waals surface area contributed by atoms with Crippen molar-refractivity contribution in [2.45, 2.75) is 19.1 Å². The van der Waals surface area contributed by atoms with Gasteiger partial charge in [0.05, 0.1) is 16.3 Å². The van der Waals surface area contributed by atoms with Gasteiger partial charge in [0.15, 0.2) is 0 Å². The first-order chi connectivity index (χ1) is 12.3. The summed E-state index contributed by atoms with van der Waals surface area (Å²) >= 11 is 3.31. The fourth-order valence-corrected chi connectivity index (χ4v) is 4.34. The van der Waals surface area contributed by atoms with Crippen LogP contribution in [0.3, 0.4) is 0 Å². The predicted octanol–water partition coefficient (Wildman–Crippen LogP) is 4.13. The highest BCUT2D eigenvalue weighted by Crippen LogP contribution is 2.30. The number of imidazole rings is 1. The van der Waals surface area contributed by atoms with Gasteiger partial charge < -0.3 is 5.73 Å². The number of anilines is 1. The lowest BCUT2D eigenvalue weighted by atomic mass is 9.99. The number of hydrogen-bond acceptors (Lipinski definition) is 4. The second-order valence-corrected chi connectivity index (χ2v) is 8.86. The van der Waals surface area contributed by atoms with Gasteiger partial charge in [-0.05, 0) is 59.8 Å². The highest BCUT2D eigenvalue weighted by Gasteiger charge is 2.24. The monoisotopic (exact) mass is 437 g/mol. The maximum atomic E-state index is 13.6. The summed E-state index contributed by atoms with van der Waals surface area (Å²) in [5.41, 5.74) is 8.80. The molecule has 1 heterocycles. The van der Waals surface area contributed by atoms with Crippen molar-refractivity contribution in [3.05, 3.63) is 64.4 Å². The summed E-state index contributed by atoms with van der Waals surface area (Å²) in [5.74, 6) is -0.437. The highest BCUT2D eigenvalue weighted by atomic mass is 79.9. The Kier molecular flexibility index (Phi) is 4.90. The number of halogens is 2. The topological polar surface area (TPSA) is 78.0 Å². The molecule has 3 aromatic rings. The Hall–Kier alpha value is -2.19. The predicted molar refractivity (Wildman–Crippen MR) is 106 cm³/mol. The molecule has 2 N–H and O–H groups in total. The summed E-state index contributed by atoms with van der Waals surface area (Å²) in [7, 11) is -3.67. The molecule has 0 aliphatic heterocycles. The molecule has 26 heavy (non-hydrogen) atoms. The van der Waals surface area contributed by atoms with Gasteiger partial charge in [0.1, 0.15) is 5.82 Å². The van der Waals surface area contributed by atoms with Gasteiger partial charge in [-0.15, -0.1) is 0 Å². The lowest BCUT2D eigenvalue weighted by molar-refractivity contribution is 0.580. The van der Waals surface area contributed by atoms with Crippen LogP contribution in [-0.2, 0) is 10.0 Å². The summed E-state index contributed by atoms with van der Waals surface area (Å²) in [6.07, 6.45) is 0. The normalized spacial score (nSPS) is 12.9. The van der Waals surface area contributed by atoms with Crippen LogP contribution in [0.15, 0.2) is 47.4 Å². The largest absolute Gasteiger partial charge is 0.368 e. The Bertz CT molecular complexity index is 1120. The van der Waals surface area contributed by atoms with Crippen molar-refractivity contribution in [1.29, 1.82) is 0 Å². The van der Waals surface area contributed by atoms with E-state index in [4.69, 9.17) is 5.73 Å². The quantitative estimate of drug-likeness (QED) is 0.665. The number of rotatable bonds is 4. The Morgan fingerprint density at radius 2 is 1.92 bits per heavy atom. The molecule has 0 aliphatic rings. The van der Waals surface area contributed by atoms with Crippen molar-refractivity contribution < 1.29 is 12.8 Å². The molecule has 0 saturated heterocycles. The molecular weight excluding hydrogens is 421 g/mol. The van der Waals surface area contributed by atoms with Crippen LogP contribution in [0.25, 0.3) is 16.6 Å². The first-order valence-electron chi connectivity index (χ1n) is 7.84. The first kappa shape index (κ1) is 18.6.